The first-order chi connectivity index (χ1) is 16.6. The Morgan fingerprint density at radius 3 is 2.59 bits per heavy atom. The summed E-state index contributed by atoms with van der Waals surface area (Å²) >= 11 is 0. The van der Waals surface area contributed by atoms with Crippen molar-refractivity contribution in [2.24, 2.45) is 5.16 Å². The summed E-state index contributed by atoms with van der Waals surface area (Å²) in [5, 5.41) is 18.2. The number of nitrogens with one attached hydrogen (secondary N) is 1. The molecule has 0 aromatic heterocycles. The van der Waals surface area contributed by atoms with Crippen LogP contribution in [0.1, 0.15) is 48.3 Å². The predicted octanol–water partition coefficient (Wildman–Crippen LogP) is 3.67. The zero-order valence-corrected chi connectivity index (χ0v) is 20.4. The second kappa shape index (κ2) is 11.2. The molecule has 0 spiro atoms. The Kier molecular flexibility index (Phi) is 8.08. The Morgan fingerprint density at radius 2 is 1.85 bits per heavy atom. The van der Waals surface area contributed by atoms with Crippen LogP contribution in [0.25, 0.3) is 0 Å². The van der Waals surface area contributed by atoms with Crippen molar-refractivity contribution in [3.63, 3.8) is 0 Å². The van der Waals surface area contributed by atoms with Crippen molar-refractivity contribution in [1.82, 2.24) is 5.32 Å². The van der Waals surface area contributed by atoms with Gasteiger partial charge >= 0.3 is 0 Å². The van der Waals surface area contributed by atoms with E-state index in [4.69, 9.17) is 19.0 Å². The van der Waals surface area contributed by atoms with Crippen LogP contribution in [0.5, 0.6) is 11.5 Å². The molecule has 0 amide bonds. The number of benzene rings is 2. The molecule has 34 heavy (non-hydrogen) atoms. The van der Waals surface area contributed by atoms with E-state index in [1.807, 2.05) is 24.3 Å². The van der Waals surface area contributed by atoms with Gasteiger partial charge in [0.05, 0.1) is 14.2 Å². The molecule has 2 N–H and O–H groups in total. The van der Waals surface area contributed by atoms with E-state index >= 15 is 0 Å². The first-order valence-corrected chi connectivity index (χ1v) is 12.1. The highest BCUT2D eigenvalue weighted by Crippen LogP contribution is 2.51. The molecule has 2 aliphatic rings. The highest BCUT2D eigenvalue weighted by Gasteiger charge is 2.53. The first kappa shape index (κ1) is 24.5. The number of nitrogens with zero attached hydrogens (tertiary/aromatic N) is 1. The fourth-order valence-electron chi connectivity index (χ4n) is 5.30. The molecule has 3 unspecified atom stereocenters. The molecule has 0 aliphatic heterocycles. The molecule has 0 radical (unpaired) electrons. The van der Waals surface area contributed by atoms with E-state index in [1.165, 1.54) is 12.0 Å². The van der Waals surface area contributed by atoms with Crippen molar-refractivity contribution < 1.29 is 24.2 Å². The average Bonchev–Trinajstić information content (AvgIpc) is 3.16. The van der Waals surface area contributed by atoms with Crippen LogP contribution >= 0.6 is 0 Å². The van der Waals surface area contributed by atoms with Crippen molar-refractivity contribution in [1.29, 1.82) is 0 Å². The van der Waals surface area contributed by atoms with Gasteiger partial charge in [-0.1, -0.05) is 42.3 Å². The third-order valence-corrected chi connectivity index (χ3v) is 7.01. The van der Waals surface area contributed by atoms with E-state index in [-0.39, 0.29) is 6.61 Å². The zero-order valence-electron chi connectivity index (χ0n) is 20.4. The molecular weight excluding hydrogens is 432 g/mol. The lowest BCUT2D eigenvalue weighted by Gasteiger charge is -2.38. The van der Waals surface area contributed by atoms with Crippen molar-refractivity contribution in [2.45, 2.75) is 49.7 Å². The molecular formula is C27H36N2O5. The Bertz CT molecular complexity index is 972. The van der Waals surface area contributed by atoms with Crippen LogP contribution in [0.15, 0.2) is 47.6 Å². The quantitative estimate of drug-likeness (QED) is 0.387. The summed E-state index contributed by atoms with van der Waals surface area (Å²) in [6.45, 7) is 1.25. The molecule has 0 saturated heterocycles. The average molecular weight is 469 g/mol. The number of aliphatic hydroxyl groups is 1. The number of hydrogen-bond acceptors (Lipinski definition) is 7. The van der Waals surface area contributed by atoms with Crippen LogP contribution < -0.4 is 14.8 Å². The SMILES string of the molecule is COc1cc(CCNCC(O)CO/N=C2/c3ccccc3C3CCCCC23OC)cc(OC)c1. The van der Waals surface area contributed by atoms with Crippen LogP contribution in [0.3, 0.4) is 0 Å². The summed E-state index contributed by atoms with van der Waals surface area (Å²) in [5.41, 5.74) is 3.94. The summed E-state index contributed by atoms with van der Waals surface area (Å²) in [6, 6.07) is 14.2. The molecule has 2 aromatic carbocycles. The van der Waals surface area contributed by atoms with Crippen molar-refractivity contribution >= 4 is 5.71 Å². The lowest BCUT2D eigenvalue weighted by Crippen LogP contribution is -2.44. The number of rotatable bonds is 11. The predicted molar refractivity (Wildman–Crippen MR) is 132 cm³/mol. The fraction of sp³-hybridized carbons (Fsp3) is 0.519. The molecule has 1 fully saturated rings. The molecule has 2 aliphatic carbocycles. The van der Waals surface area contributed by atoms with Crippen molar-refractivity contribution in [3.8, 4) is 11.5 Å². The Balaban J connectivity index is 1.30. The molecule has 0 bridgehead atoms. The number of aliphatic hydroxyl groups excluding tert-OH is 1. The minimum atomic E-state index is -0.665. The minimum absolute atomic E-state index is 0.121. The maximum absolute atomic E-state index is 10.4. The normalized spacial score (nSPS) is 23.3. The Labute approximate surface area is 202 Å². The van der Waals surface area contributed by atoms with Crippen LogP contribution in [0.4, 0.5) is 0 Å². The topological polar surface area (TPSA) is 81.5 Å². The molecule has 2 aromatic rings. The number of methoxy groups -OCH3 is 3. The Morgan fingerprint density at radius 1 is 1.09 bits per heavy atom. The van der Waals surface area contributed by atoms with E-state index in [0.29, 0.717) is 19.0 Å². The van der Waals surface area contributed by atoms with Gasteiger partial charge in [0.15, 0.2) is 0 Å². The summed E-state index contributed by atoms with van der Waals surface area (Å²) < 4.78 is 16.7. The van der Waals surface area contributed by atoms with Crippen LogP contribution in [-0.2, 0) is 16.0 Å². The molecule has 7 nitrogen and oxygen atoms in total. The van der Waals surface area contributed by atoms with Gasteiger partial charge in [-0.15, -0.1) is 0 Å². The van der Waals surface area contributed by atoms with Gasteiger partial charge in [0, 0.05) is 31.2 Å². The first-order valence-electron chi connectivity index (χ1n) is 12.1. The van der Waals surface area contributed by atoms with Gasteiger partial charge in [-0.05, 0) is 49.1 Å². The minimum Gasteiger partial charge on any atom is -0.497 e. The zero-order chi connectivity index (χ0) is 24.0. The molecule has 3 atom stereocenters. The lowest BCUT2D eigenvalue weighted by atomic mass is 9.75. The largest absolute Gasteiger partial charge is 0.497 e. The van der Waals surface area contributed by atoms with Gasteiger partial charge in [0.2, 0.25) is 0 Å². The van der Waals surface area contributed by atoms with E-state index in [2.05, 4.69) is 28.7 Å². The molecule has 4 rings (SSSR count). The smallest absolute Gasteiger partial charge is 0.144 e. The number of oxime groups is 1. The maximum atomic E-state index is 10.4. The van der Waals surface area contributed by atoms with Crippen LogP contribution in [0.2, 0.25) is 0 Å². The molecule has 184 valence electrons. The lowest BCUT2D eigenvalue weighted by molar-refractivity contribution is -0.00198. The van der Waals surface area contributed by atoms with Gasteiger partial charge in [0.1, 0.15) is 35.5 Å². The summed E-state index contributed by atoms with van der Waals surface area (Å²) in [5.74, 6) is 1.85. The fourth-order valence-corrected chi connectivity index (χ4v) is 5.30. The van der Waals surface area contributed by atoms with E-state index in [1.54, 1.807) is 21.3 Å². The van der Waals surface area contributed by atoms with E-state index in [9.17, 15) is 5.11 Å². The van der Waals surface area contributed by atoms with Crippen molar-refractivity contribution in [2.75, 3.05) is 41.0 Å². The molecule has 0 heterocycles. The summed E-state index contributed by atoms with van der Waals surface area (Å²) in [7, 11) is 5.06. The number of ether oxygens (including phenoxy) is 3. The Hall–Kier alpha value is -2.61. The second-order valence-corrected chi connectivity index (χ2v) is 9.04. The van der Waals surface area contributed by atoms with Crippen molar-refractivity contribution in [3.05, 3.63) is 59.2 Å². The van der Waals surface area contributed by atoms with E-state index < -0.39 is 11.7 Å². The second-order valence-electron chi connectivity index (χ2n) is 9.04. The monoisotopic (exact) mass is 468 g/mol. The number of hydrogen-bond donors (Lipinski definition) is 2. The van der Waals surface area contributed by atoms with Crippen LogP contribution in [0, 0.1) is 0 Å². The number of fused-ring (bicyclic) bond motifs is 3. The highest BCUT2D eigenvalue weighted by molar-refractivity contribution is 6.11. The standard InChI is InChI=1S/C27H36N2O5/c1-31-21-14-19(15-22(16-21)32-2)11-13-28-17-20(30)18-34-29-26-24-9-5-4-8-23(24)25-10-6-7-12-27(25,26)33-3/h4-5,8-9,14-16,20,25,28,30H,6-7,10-13,17-18H2,1-3H3/b29-26-. The third kappa shape index (κ3) is 5.06. The van der Waals surface area contributed by atoms with Gasteiger partial charge in [-0.3, -0.25) is 0 Å². The molecule has 7 heteroatoms. The molecule has 1 saturated carbocycles. The van der Waals surface area contributed by atoms with Gasteiger partial charge < -0.3 is 29.5 Å². The van der Waals surface area contributed by atoms with Crippen LogP contribution in [-0.4, -0.2) is 63.5 Å². The summed E-state index contributed by atoms with van der Waals surface area (Å²) in [4.78, 5) is 5.67. The maximum Gasteiger partial charge on any atom is 0.144 e. The van der Waals surface area contributed by atoms with E-state index in [0.717, 1.165) is 54.0 Å². The highest BCUT2D eigenvalue weighted by atomic mass is 16.6. The third-order valence-electron chi connectivity index (χ3n) is 7.01. The van der Waals surface area contributed by atoms with Gasteiger partial charge in [0.25, 0.3) is 0 Å². The summed E-state index contributed by atoms with van der Waals surface area (Å²) in [6.07, 6.45) is 4.47. The van der Waals surface area contributed by atoms with Gasteiger partial charge in [-0.2, -0.15) is 0 Å². The van der Waals surface area contributed by atoms with Gasteiger partial charge in [-0.25, -0.2) is 0 Å².